The summed E-state index contributed by atoms with van der Waals surface area (Å²) in [5, 5.41) is 17.9. The van der Waals surface area contributed by atoms with Crippen LogP contribution in [0, 0.1) is 0 Å². The lowest BCUT2D eigenvalue weighted by Gasteiger charge is -2.08. The van der Waals surface area contributed by atoms with Crippen LogP contribution in [0.2, 0.25) is 0 Å². The van der Waals surface area contributed by atoms with Gasteiger partial charge in [-0.1, -0.05) is 12.1 Å². The number of ether oxygens (including phenoxy) is 1. The number of rotatable bonds is 6. The Kier molecular flexibility index (Phi) is 5.15. The highest BCUT2D eigenvalue weighted by atomic mass is 16.5. The Labute approximate surface area is 90.3 Å². The Morgan fingerprint density at radius 1 is 1.20 bits per heavy atom. The highest BCUT2D eigenvalue weighted by Crippen LogP contribution is 2.17. The minimum Gasteiger partial charge on any atom is -0.494 e. The average molecular weight is 210 g/mol. The van der Waals surface area contributed by atoms with Crippen molar-refractivity contribution in [1.29, 1.82) is 0 Å². The third-order valence-electron chi connectivity index (χ3n) is 2.18. The number of benzene rings is 1. The van der Waals surface area contributed by atoms with Crippen molar-refractivity contribution in [1.82, 2.24) is 0 Å². The molecule has 1 aromatic rings. The van der Waals surface area contributed by atoms with E-state index in [0.29, 0.717) is 6.61 Å². The van der Waals surface area contributed by atoms with E-state index in [0.717, 1.165) is 24.2 Å². The monoisotopic (exact) mass is 210 g/mol. The van der Waals surface area contributed by atoms with Crippen molar-refractivity contribution in [3.05, 3.63) is 29.8 Å². The van der Waals surface area contributed by atoms with Gasteiger partial charge >= 0.3 is 0 Å². The van der Waals surface area contributed by atoms with Gasteiger partial charge in [-0.05, 0) is 37.5 Å². The predicted octanol–water partition coefficient (Wildman–Crippen LogP) is 1.89. The SMILES string of the molecule is CC(O)c1ccc(OCCCCO)cc1. The molecule has 0 heterocycles. The summed E-state index contributed by atoms with van der Waals surface area (Å²) in [7, 11) is 0. The molecule has 15 heavy (non-hydrogen) atoms. The molecule has 1 rings (SSSR count). The van der Waals surface area contributed by atoms with Gasteiger partial charge in [0.1, 0.15) is 5.75 Å². The second-order valence-electron chi connectivity index (χ2n) is 3.52. The first-order valence-electron chi connectivity index (χ1n) is 5.25. The minimum atomic E-state index is -0.437. The van der Waals surface area contributed by atoms with Gasteiger partial charge in [-0.15, -0.1) is 0 Å². The van der Waals surface area contributed by atoms with E-state index >= 15 is 0 Å². The second-order valence-corrected chi connectivity index (χ2v) is 3.52. The third-order valence-corrected chi connectivity index (χ3v) is 2.18. The topological polar surface area (TPSA) is 49.7 Å². The number of hydrogen-bond donors (Lipinski definition) is 2. The molecule has 0 bridgehead atoms. The lowest BCUT2D eigenvalue weighted by molar-refractivity contribution is 0.199. The van der Waals surface area contributed by atoms with Gasteiger partial charge in [0, 0.05) is 6.61 Å². The van der Waals surface area contributed by atoms with E-state index in [4.69, 9.17) is 9.84 Å². The van der Waals surface area contributed by atoms with Gasteiger partial charge in [-0.3, -0.25) is 0 Å². The number of unbranched alkanes of at least 4 members (excludes halogenated alkanes) is 1. The van der Waals surface area contributed by atoms with Gasteiger partial charge in [0.15, 0.2) is 0 Å². The smallest absolute Gasteiger partial charge is 0.119 e. The molecule has 0 radical (unpaired) electrons. The molecule has 0 aromatic heterocycles. The van der Waals surface area contributed by atoms with Crippen molar-refractivity contribution >= 4 is 0 Å². The van der Waals surface area contributed by atoms with Crippen LogP contribution in [0.1, 0.15) is 31.4 Å². The lowest BCUT2D eigenvalue weighted by Crippen LogP contribution is -1.99. The first-order chi connectivity index (χ1) is 7.24. The first-order valence-corrected chi connectivity index (χ1v) is 5.25. The van der Waals surface area contributed by atoms with Gasteiger partial charge < -0.3 is 14.9 Å². The maximum absolute atomic E-state index is 9.29. The Morgan fingerprint density at radius 2 is 1.87 bits per heavy atom. The van der Waals surface area contributed by atoms with Crippen molar-refractivity contribution in [2.75, 3.05) is 13.2 Å². The molecule has 84 valence electrons. The van der Waals surface area contributed by atoms with E-state index < -0.39 is 6.10 Å². The summed E-state index contributed by atoms with van der Waals surface area (Å²) in [5.41, 5.74) is 0.887. The van der Waals surface area contributed by atoms with Crippen LogP contribution in [0.25, 0.3) is 0 Å². The molecule has 3 heteroatoms. The molecule has 0 amide bonds. The average Bonchev–Trinajstić information content (AvgIpc) is 2.25. The van der Waals surface area contributed by atoms with Crippen molar-refractivity contribution in [2.24, 2.45) is 0 Å². The Hall–Kier alpha value is -1.06. The van der Waals surface area contributed by atoms with Crippen LogP contribution in [-0.2, 0) is 0 Å². The molecule has 0 fully saturated rings. The fourth-order valence-electron chi connectivity index (χ4n) is 1.25. The number of aliphatic hydroxyl groups is 2. The zero-order valence-electron chi connectivity index (χ0n) is 9.02. The zero-order chi connectivity index (χ0) is 11.1. The zero-order valence-corrected chi connectivity index (χ0v) is 9.02. The summed E-state index contributed by atoms with van der Waals surface area (Å²) >= 11 is 0. The first kappa shape index (κ1) is 12.0. The molecule has 0 saturated heterocycles. The lowest BCUT2D eigenvalue weighted by atomic mass is 10.1. The van der Waals surface area contributed by atoms with Crippen LogP contribution in [0.3, 0.4) is 0 Å². The standard InChI is InChI=1S/C12H18O3/c1-10(14)11-4-6-12(7-5-11)15-9-3-2-8-13/h4-7,10,13-14H,2-3,8-9H2,1H3. The molecule has 0 aliphatic heterocycles. The molecule has 1 unspecified atom stereocenters. The van der Waals surface area contributed by atoms with Gasteiger partial charge in [-0.2, -0.15) is 0 Å². The molecule has 1 atom stereocenters. The second kappa shape index (κ2) is 6.43. The molecular weight excluding hydrogens is 192 g/mol. The molecule has 0 spiro atoms. The van der Waals surface area contributed by atoms with Crippen molar-refractivity contribution < 1.29 is 14.9 Å². The van der Waals surface area contributed by atoms with Crippen LogP contribution < -0.4 is 4.74 Å². The summed E-state index contributed by atoms with van der Waals surface area (Å²) in [6.45, 7) is 2.57. The normalized spacial score (nSPS) is 12.5. The Balaban J connectivity index is 2.36. The van der Waals surface area contributed by atoms with E-state index in [9.17, 15) is 5.11 Å². The van der Waals surface area contributed by atoms with Crippen molar-refractivity contribution in [3.63, 3.8) is 0 Å². The van der Waals surface area contributed by atoms with E-state index in [1.54, 1.807) is 6.92 Å². The van der Waals surface area contributed by atoms with E-state index in [1.165, 1.54) is 0 Å². The minimum absolute atomic E-state index is 0.213. The van der Waals surface area contributed by atoms with E-state index in [-0.39, 0.29) is 6.61 Å². The fraction of sp³-hybridized carbons (Fsp3) is 0.500. The summed E-state index contributed by atoms with van der Waals surface area (Å²) in [4.78, 5) is 0. The summed E-state index contributed by atoms with van der Waals surface area (Å²) in [5.74, 6) is 0.803. The Bertz CT molecular complexity index is 267. The van der Waals surface area contributed by atoms with Crippen LogP contribution >= 0.6 is 0 Å². The number of hydrogen-bond acceptors (Lipinski definition) is 3. The maximum Gasteiger partial charge on any atom is 0.119 e. The molecule has 0 aliphatic rings. The largest absolute Gasteiger partial charge is 0.494 e. The van der Waals surface area contributed by atoms with Crippen LogP contribution in [0.4, 0.5) is 0 Å². The van der Waals surface area contributed by atoms with Gasteiger partial charge in [0.05, 0.1) is 12.7 Å². The highest BCUT2D eigenvalue weighted by Gasteiger charge is 2.00. The molecule has 3 nitrogen and oxygen atoms in total. The molecule has 0 aliphatic carbocycles. The predicted molar refractivity (Wildman–Crippen MR) is 58.9 cm³/mol. The van der Waals surface area contributed by atoms with Crippen LogP contribution in [0.15, 0.2) is 24.3 Å². The summed E-state index contributed by atoms with van der Waals surface area (Å²) in [6.07, 6.45) is 1.19. The fourth-order valence-corrected chi connectivity index (χ4v) is 1.25. The molecule has 0 saturated carbocycles. The van der Waals surface area contributed by atoms with Crippen LogP contribution in [-0.4, -0.2) is 23.4 Å². The number of aliphatic hydroxyl groups excluding tert-OH is 2. The quantitative estimate of drug-likeness (QED) is 0.705. The molecular formula is C12H18O3. The summed E-state index contributed by atoms with van der Waals surface area (Å²) < 4.78 is 5.45. The van der Waals surface area contributed by atoms with Gasteiger partial charge in [-0.25, -0.2) is 0 Å². The summed E-state index contributed by atoms with van der Waals surface area (Å²) in [6, 6.07) is 7.40. The third kappa shape index (κ3) is 4.32. The maximum atomic E-state index is 9.29. The highest BCUT2D eigenvalue weighted by molar-refractivity contribution is 5.28. The molecule has 2 N–H and O–H groups in total. The van der Waals surface area contributed by atoms with Crippen LogP contribution in [0.5, 0.6) is 5.75 Å². The van der Waals surface area contributed by atoms with Crippen molar-refractivity contribution in [2.45, 2.75) is 25.9 Å². The van der Waals surface area contributed by atoms with Gasteiger partial charge in [0.25, 0.3) is 0 Å². The van der Waals surface area contributed by atoms with Crippen molar-refractivity contribution in [3.8, 4) is 5.75 Å². The van der Waals surface area contributed by atoms with E-state index in [1.807, 2.05) is 24.3 Å². The molecule has 1 aromatic carbocycles. The Morgan fingerprint density at radius 3 is 2.40 bits per heavy atom. The van der Waals surface area contributed by atoms with Gasteiger partial charge in [0.2, 0.25) is 0 Å². The van der Waals surface area contributed by atoms with E-state index in [2.05, 4.69) is 0 Å².